The van der Waals surface area contributed by atoms with Crippen LogP contribution >= 0.6 is 11.6 Å². The molecular weight excluding hydrogens is 452 g/mol. The van der Waals surface area contributed by atoms with Crippen molar-refractivity contribution in [2.45, 2.75) is 25.8 Å². The van der Waals surface area contributed by atoms with Crippen LogP contribution in [-0.4, -0.2) is 34.0 Å². The molecule has 1 aliphatic carbocycles. The Kier molecular flexibility index (Phi) is 5.77. The molecule has 5 rings (SSSR count). The van der Waals surface area contributed by atoms with Crippen molar-refractivity contribution in [3.63, 3.8) is 0 Å². The lowest BCUT2D eigenvalue weighted by Crippen LogP contribution is -2.28. The van der Waals surface area contributed by atoms with E-state index >= 15 is 0 Å². The minimum Gasteiger partial charge on any atom is -0.494 e. The van der Waals surface area contributed by atoms with Gasteiger partial charge in [-0.1, -0.05) is 17.7 Å². The first kappa shape index (κ1) is 22.1. The number of halogens is 1. The topological polar surface area (TPSA) is 106 Å². The number of aryl methyl sites for hydroxylation is 1. The number of nitrogens with two attached hydrogens (primary N) is 1. The molecule has 172 valence electrons. The Bertz CT molecular complexity index is 1370. The average Bonchev–Trinajstić information content (AvgIpc) is 3.68. The Morgan fingerprint density at radius 3 is 2.56 bits per heavy atom. The molecule has 1 fully saturated rings. The highest BCUT2D eigenvalue weighted by Gasteiger charge is 2.24. The van der Waals surface area contributed by atoms with Crippen LogP contribution in [0.4, 0.5) is 11.6 Å². The van der Waals surface area contributed by atoms with Crippen LogP contribution in [0.2, 0.25) is 5.02 Å². The van der Waals surface area contributed by atoms with E-state index in [0.717, 1.165) is 29.7 Å². The average molecular weight is 475 g/mol. The first-order valence-electron chi connectivity index (χ1n) is 10.9. The Balaban J connectivity index is 1.51. The van der Waals surface area contributed by atoms with Crippen LogP contribution in [0.1, 0.15) is 28.9 Å². The number of methoxy groups -OCH3 is 1. The molecule has 1 aliphatic rings. The normalized spacial score (nSPS) is 13.1. The fourth-order valence-electron chi connectivity index (χ4n) is 3.67. The molecule has 2 heterocycles. The summed E-state index contributed by atoms with van der Waals surface area (Å²) in [5.41, 5.74) is 4.28. The number of nitrogens with one attached hydrogen (secondary N) is 1. The zero-order valence-corrected chi connectivity index (χ0v) is 19.5. The molecule has 0 spiro atoms. The van der Waals surface area contributed by atoms with Gasteiger partial charge in [-0.2, -0.15) is 0 Å². The van der Waals surface area contributed by atoms with Gasteiger partial charge in [-0.05, 0) is 56.2 Å². The number of ether oxygens (including phenoxy) is 1. The summed E-state index contributed by atoms with van der Waals surface area (Å²) in [6.45, 7) is 1.93. The molecule has 3 N–H and O–H groups in total. The first-order valence-corrected chi connectivity index (χ1v) is 11.2. The highest BCUT2D eigenvalue weighted by molar-refractivity contribution is 6.36. The van der Waals surface area contributed by atoms with Crippen molar-refractivity contribution in [1.82, 2.24) is 20.3 Å². The summed E-state index contributed by atoms with van der Waals surface area (Å²) in [4.78, 5) is 25.7. The van der Waals surface area contributed by atoms with Crippen molar-refractivity contribution in [2.24, 2.45) is 5.84 Å². The number of benzene rings is 2. The number of fused-ring (bicyclic) bond motifs is 1. The Labute approximate surface area is 201 Å². The second kappa shape index (κ2) is 8.89. The lowest BCUT2D eigenvalue weighted by Gasteiger charge is -2.19. The van der Waals surface area contributed by atoms with E-state index in [2.05, 4.69) is 20.3 Å². The molecule has 1 amide bonds. The van der Waals surface area contributed by atoms with Crippen LogP contribution in [0.3, 0.4) is 0 Å². The molecule has 0 bridgehead atoms. The Morgan fingerprint density at radius 2 is 1.91 bits per heavy atom. The molecule has 0 atom stereocenters. The summed E-state index contributed by atoms with van der Waals surface area (Å²) < 4.78 is 5.74. The lowest BCUT2D eigenvalue weighted by atomic mass is 10.0. The minimum absolute atomic E-state index is 0.0860. The zero-order valence-electron chi connectivity index (χ0n) is 18.7. The third-order valence-corrected chi connectivity index (χ3v) is 6.04. The van der Waals surface area contributed by atoms with Gasteiger partial charge in [-0.25, -0.2) is 20.8 Å². The highest BCUT2D eigenvalue weighted by atomic mass is 35.5. The summed E-state index contributed by atoms with van der Waals surface area (Å²) in [7, 11) is 1.58. The number of hydrogen-bond acceptors (Lipinski definition) is 7. The number of nitrogens with zero attached hydrogens (tertiary/aromatic N) is 4. The molecule has 0 unspecified atom stereocenters. The van der Waals surface area contributed by atoms with E-state index in [9.17, 15) is 4.79 Å². The van der Waals surface area contributed by atoms with E-state index in [1.54, 1.807) is 43.8 Å². The van der Waals surface area contributed by atoms with Gasteiger partial charge in [0.1, 0.15) is 5.52 Å². The van der Waals surface area contributed by atoms with Crippen LogP contribution in [0, 0.1) is 6.92 Å². The van der Waals surface area contributed by atoms with Crippen LogP contribution in [0.25, 0.3) is 22.0 Å². The second-order valence-electron chi connectivity index (χ2n) is 8.22. The number of amides is 1. The fourth-order valence-corrected chi connectivity index (χ4v) is 3.91. The van der Waals surface area contributed by atoms with Gasteiger partial charge in [0.05, 0.1) is 17.8 Å². The molecule has 0 saturated heterocycles. The van der Waals surface area contributed by atoms with Crippen molar-refractivity contribution in [3.8, 4) is 16.9 Å². The van der Waals surface area contributed by atoms with Gasteiger partial charge < -0.3 is 10.1 Å². The summed E-state index contributed by atoms with van der Waals surface area (Å²) in [6.07, 6.45) is 5.47. The van der Waals surface area contributed by atoms with Crippen molar-refractivity contribution < 1.29 is 9.53 Å². The van der Waals surface area contributed by atoms with Gasteiger partial charge in [0, 0.05) is 46.2 Å². The third kappa shape index (κ3) is 4.25. The maximum absolute atomic E-state index is 12.3. The fraction of sp³-hybridized carbons (Fsp3) is 0.200. The van der Waals surface area contributed by atoms with Gasteiger partial charge in [-0.15, -0.1) is 0 Å². The predicted octanol–water partition coefficient (Wildman–Crippen LogP) is 4.57. The van der Waals surface area contributed by atoms with Gasteiger partial charge in [-0.3, -0.25) is 9.78 Å². The van der Waals surface area contributed by atoms with E-state index in [-0.39, 0.29) is 11.9 Å². The molecule has 34 heavy (non-hydrogen) atoms. The van der Waals surface area contributed by atoms with Crippen molar-refractivity contribution >= 4 is 40.0 Å². The summed E-state index contributed by atoms with van der Waals surface area (Å²) in [6, 6.07) is 13.0. The quantitative estimate of drug-likeness (QED) is 0.311. The van der Waals surface area contributed by atoms with Crippen molar-refractivity contribution in [3.05, 3.63) is 71.1 Å². The number of carbonyl (C=O) groups excluding carboxylic acids is 1. The van der Waals surface area contributed by atoms with Crippen LogP contribution in [0.15, 0.2) is 54.9 Å². The van der Waals surface area contributed by atoms with E-state index in [0.29, 0.717) is 39.0 Å². The maximum atomic E-state index is 12.3. The number of aromatic nitrogens is 3. The van der Waals surface area contributed by atoms with Gasteiger partial charge >= 0.3 is 0 Å². The predicted molar refractivity (Wildman–Crippen MR) is 132 cm³/mol. The Morgan fingerprint density at radius 1 is 1.15 bits per heavy atom. The summed E-state index contributed by atoms with van der Waals surface area (Å²) >= 11 is 6.57. The van der Waals surface area contributed by atoms with Gasteiger partial charge in [0.2, 0.25) is 5.95 Å². The number of rotatable bonds is 6. The monoisotopic (exact) mass is 474 g/mol. The minimum atomic E-state index is -0.0860. The third-order valence-electron chi connectivity index (χ3n) is 5.73. The maximum Gasteiger partial charge on any atom is 0.251 e. The van der Waals surface area contributed by atoms with E-state index in [1.165, 1.54) is 5.01 Å². The largest absolute Gasteiger partial charge is 0.494 e. The number of pyridine rings is 1. The van der Waals surface area contributed by atoms with Crippen LogP contribution < -0.4 is 20.9 Å². The molecule has 2 aromatic heterocycles. The molecule has 8 nitrogen and oxygen atoms in total. The van der Waals surface area contributed by atoms with E-state index < -0.39 is 0 Å². The molecular formula is C25H23ClN6O2. The van der Waals surface area contributed by atoms with E-state index in [4.69, 9.17) is 22.2 Å². The molecule has 2 aromatic carbocycles. The first-order chi connectivity index (χ1) is 16.4. The summed E-state index contributed by atoms with van der Waals surface area (Å²) in [5.74, 6) is 7.07. The molecule has 4 aromatic rings. The number of hydrazine groups is 1. The number of anilines is 2. The van der Waals surface area contributed by atoms with Crippen molar-refractivity contribution in [1.29, 1.82) is 0 Å². The van der Waals surface area contributed by atoms with Crippen LogP contribution in [-0.2, 0) is 0 Å². The van der Waals surface area contributed by atoms with Crippen LogP contribution in [0.5, 0.6) is 5.75 Å². The highest BCUT2D eigenvalue weighted by Crippen LogP contribution is 2.40. The second-order valence-corrected chi connectivity index (χ2v) is 8.63. The number of carbonyl (C=O) groups is 1. The van der Waals surface area contributed by atoms with Gasteiger partial charge in [0.25, 0.3) is 5.91 Å². The smallest absolute Gasteiger partial charge is 0.251 e. The molecule has 1 saturated carbocycles. The SMILES string of the molecule is COc1c(-c2ccc(C)nc2)cc(Cl)c2cnc(N(N)c3ccc(C(=O)NC4CC4)cc3)nc12. The zero-order chi connectivity index (χ0) is 23.8. The van der Waals surface area contributed by atoms with Gasteiger partial charge in [0.15, 0.2) is 5.75 Å². The molecule has 0 aliphatic heterocycles. The molecule has 0 radical (unpaired) electrons. The van der Waals surface area contributed by atoms with Crippen molar-refractivity contribution in [2.75, 3.05) is 12.1 Å². The molecule has 9 heteroatoms. The standard InChI is InChI=1S/C25H23ClN6O2/c1-14-3-4-16(12-28-14)19-11-21(26)20-13-29-25(31-22(20)23(19)34-2)32(27)18-9-5-15(6-10-18)24(33)30-17-7-8-17/h3-6,9-13,17H,7-8,27H2,1-2H3,(H,30,33). The lowest BCUT2D eigenvalue weighted by molar-refractivity contribution is 0.0951. The summed E-state index contributed by atoms with van der Waals surface area (Å²) in [5, 5.41) is 5.47. The number of hydrogen-bond donors (Lipinski definition) is 2. The Hall–Kier alpha value is -3.75. The van der Waals surface area contributed by atoms with E-state index in [1.807, 2.05) is 25.1 Å².